The molecule has 3 atom stereocenters. The van der Waals surface area contributed by atoms with E-state index in [4.69, 9.17) is 0 Å². The van der Waals surface area contributed by atoms with Gasteiger partial charge in [-0.2, -0.15) is 0 Å². The SMILES string of the molecule is C=CC(=O)C1=CC2CCC(CCC3CCC(CC)CC3)CC2C=C1. The third-order valence-corrected chi connectivity index (χ3v) is 6.98. The summed E-state index contributed by atoms with van der Waals surface area (Å²) in [5.41, 5.74) is 0.859. The minimum absolute atomic E-state index is 0.0782. The zero-order chi connectivity index (χ0) is 16.9. The van der Waals surface area contributed by atoms with E-state index in [-0.39, 0.29) is 5.78 Å². The van der Waals surface area contributed by atoms with Crippen LogP contribution < -0.4 is 0 Å². The molecule has 1 heteroatoms. The molecule has 0 saturated heterocycles. The molecule has 0 aliphatic heterocycles. The summed E-state index contributed by atoms with van der Waals surface area (Å²) < 4.78 is 0. The zero-order valence-corrected chi connectivity index (χ0v) is 15.4. The Labute approximate surface area is 148 Å². The predicted molar refractivity (Wildman–Crippen MR) is 102 cm³/mol. The third kappa shape index (κ3) is 4.29. The smallest absolute Gasteiger partial charge is 0.184 e. The Bertz CT molecular complexity index is 504. The summed E-state index contributed by atoms with van der Waals surface area (Å²) in [5.74, 6) is 4.26. The van der Waals surface area contributed by atoms with Crippen molar-refractivity contribution in [3.8, 4) is 0 Å². The molecule has 1 nitrogen and oxygen atoms in total. The maximum absolute atomic E-state index is 11.8. The van der Waals surface area contributed by atoms with Crippen molar-refractivity contribution < 1.29 is 4.79 Å². The monoisotopic (exact) mass is 326 g/mol. The first-order valence-corrected chi connectivity index (χ1v) is 10.3. The van der Waals surface area contributed by atoms with Gasteiger partial charge in [0.15, 0.2) is 5.78 Å². The largest absolute Gasteiger partial charge is 0.289 e. The van der Waals surface area contributed by atoms with Crippen LogP contribution in [0.15, 0.2) is 36.5 Å². The van der Waals surface area contributed by atoms with Gasteiger partial charge in [-0.3, -0.25) is 4.79 Å². The van der Waals surface area contributed by atoms with E-state index in [1.165, 1.54) is 70.3 Å². The van der Waals surface area contributed by atoms with Crippen LogP contribution in [0.2, 0.25) is 0 Å². The van der Waals surface area contributed by atoms with Gasteiger partial charge in [0.05, 0.1) is 0 Å². The van der Waals surface area contributed by atoms with Crippen LogP contribution in [0.3, 0.4) is 0 Å². The van der Waals surface area contributed by atoms with E-state index in [1.54, 1.807) is 0 Å². The summed E-state index contributed by atoms with van der Waals surface area (Å²) in [5, 5.41) is 0. The van der Waals surface area contributed by atoms with Crippen LogP contribution in [0.1, 0.15) is 71.1 Å². The minimum atomic E-state index is 0.0782. The number of hydrogen-bond donors (Lipinski definition) is 0. The fourth-order valence-electron chi connectivity index (χ4n) is 5.21. The molecule has 0 aromatic carbocycles. The first-order valence-electron chi connectivity index (χ1n) is 10.3. The lowest BCUT2D eigenvalue weighted by Crippen LogP contribution is -2.25. The predicted octanol–water partition coefficient (Wildman–Crippen LogP) is 6.27. The lowest BCUT2D eigenvalue weighted by atomic mass is 9.69. The van der Waals surface area contributed by atoms with Gasteiger partial charge in [0.1, 0.15) is 0 Å². The number of rotatable bonds is 6. The molecule has 0 bridgehead atoms. The molecule has 3 unspecified atom stereocenters. The van der Waals surface area contributed by atoms with Crippen molar-refractivity contribution in [1.82, 2.24) is 0 Å². The van der Waals surface area contributed by atoms with Crippen molar-refractivity contribution in [2.45, 2.75) is 71.1 Å². The number of fused-ring (bicyclic) bond motifs is 1. The van der Waals surface area contributed by atoms with Gasteiger partial charge in [0.2, 0.25) is 0 Å². The van der Waals surface area contributed by atoms with Gasteiger partial charge in [0, 0.05) is 5.57 Å². The van der Waals surface area contributed by atoms with E-state index in [9.17, 15) is 4.79 Å². The van der Waals surface area contributed by atoms with E-state index < -0.39 is 0 Å². The average Bonchev–Trinajstić information content (AvgIpc) is 2.65. The summed E-state index contributed by atoms with van der Waals surface area (Å²) in [4.78, 5) is 11.8. The number of hydrogen-bond acceptors (Lipinski definition) is 1. The van der Waals surface area contributed by atoms with Crippen molar-refractivity contribution in [3.05, 3.63) is 36.5 Å². The highest BCUT2D eigenvalue weighted by molar-refractivity contribution is 6.05. The van der Waals surface area contributed by atoms with Crippen molar-refractivity contribution in [2.24, 2.45) is 29.6 Å². The molecule has 132 valence electrons. The Morgan fingerprint density at radius 1 is 1.04 bits per heavy atom. The molecule has 0 aromatic heterocycles. The van der Waals surface area contributed by atoms with Gasteiger partial charge in [-0.1, -0.05) is 76.7 Å². The highest BCUT2D eigenvalue weighted by Crippen LogP contribution is 2.42. The van der Waals surface area contributed by atoms with Crippen LogP contribution in [0.25, 0.3) is 0 Å². The van der Waals surface area contributed by atoms with Gasteiger partial charge in [-0.15, -0.1) is 0 Å². The molecule has 0 aromatic rings. The molecular formula is C23H34O. The van der Waals surface area contributed by atoms with Gasteiger partial charge < -0.3 is 0 Å². The molecule has 0 spiro atoms. The standard InChI is InChI=1S/C23H34O/c1-3-17-5-7-18(8-6-17)9-10-19-11-12-21-16-22(23(24)4-2)14-13-20(21)15-19/h4,13-14,16-21H,2-3,5-12,15H2,1H3. The second-order valence-corrected chi connectivity index (χ2v) is 8.43. The number of carbonyl (C=O) groups excluding carboxylic acids is 1. The molecule has 0 N–H and O–H groups in total. The molecule has 3 aliphatic carbocycles. The summed E-state index contributed by atoms with van der Waals surface area (Å²) in [6.07, 6.45) is 22.1. The fourth-order valence-corrected chi connectivity index (χ4v) is 5.21. The maximum atomic E-state index is 11.8. The Hall–Kier alpha value is -1.11. The normalized spacial score (nSPS) is 35.9. The minimum Gasteiger partial charge on any atom is -0.289 e. The molecule has 3 rings (SSSR count). The summed E-state index contributed by atoms with van der Waals surface area (Å²) in [7, 11) is 0. The van der Waals surface area contributed by atoms with Crippen molar-refractivity contribution in [3.63, 3.8) is 0 Å². The van der Waals surface area contributed by atoms with Crippen molar-refractivity contribution >= 4 is 5.78 Å². The van der Waals surface area contributed by atoms with Crippen LogP contribution in [0, 0.1) is 29.6 Å². The number of carbonyl (C=O) groups is 1. The average molecular weight is 327 g/mol. The fraction of sp³-hybridized carbons (Fsp3) is 0.696. The Kier molecular flexibility index (Phi) is 6.14. The molecule has 0 amide bonds. The summed E-state index contributed by atoms with van der Waals surface area (Å²) in [6, 6.07) is 0. The Morgan fingerprint density at radius 3 is 2.42 bits per heavy atom. The highest BCUT2D eigenvalue weighted by Gasteiger charge is 2.30. The zero-order valence-electron chi connectivity index (χ0n) is 15.4. The molecule has 2 fully saturated rings. The van der Waals surface area contributed by atoms with E-state index in [1.807, 2.05) is 6.08 Å². The van der Waals surface area contributed by atoms with Crippen molar-refractivity contribution in [2.75, 3.05) is 0 Å². The van der Waals surface area contributed by atoms with E-state index >= 15 is 0 Å². The second-order valence-electron chi connectivity index (χ2n) is 8.43. The van der Waals surface area contributed by atoms with Crippen molar-refractivity contribution in [1.29, 1.82) is 0 Å². The Balaban J connectivity index is 1.44. The van der Waals surface area contributed by atoms with E-state index in [2.05, 4.69) is 25.7 Å². The van der Waals surface area contributed by atoms with Gasteiger partial charge in [0.25, 0.3) is 0 Å². The highest BCUT2D eigenvalue weighted by atomic mass is 16.1. The number of ketones is 1. The summed E-state index contributed by atoms with van der Waals surface area (Å²) >= 11 is 0. The topological polar surface area (TPSA) is 17.1 Å². The third-order valence-electron chi connectivity index (χ3n) is 6.98. The molecule has 0 heterocycles. The Morgan fingerprint density at radius 2 is 1.71 bits per heavy atom. The molecule has 0 radical (unpaired) electrons. The van der Waals surface area contributed by atoms with E-state index in [0.717, 1.165) is 23.3 Å². The van der Waals surface area contributed by atoms with Crippen LogP contribution in [-0.4, -0.2) is 5.78 Å². The molecular weight excluding hydrogens is 292 g/mol. The molecule has 24 heavy (non-hydrogen) atoms. The summed E-state index contributed by atoms with van der Waals surface area (Å²) in [6.45, 7) is 5.96. The number of allylic oxidation sites excluding steroid dienone is 5. The van der Waals surface area contributed by atoms with Crippen LogP contribution in [0.4, 0.5) is 0 Å². The van der Waals surface area contributed by atoms with Crippen LogP contribution in [0.5, 0.6) is 0 Å². The molecule has 3 aliphatic rings. The first kappa shape index (κ1) is 17.7. The van der Waals surface area contributed by atoms with Gasteiger partial charge >= 0.3 is 0 Å². The maximum Gasteiger partial charge on any atom is 0.184 e. The van der Waals surface area contributed by atoms with Crippen LogP contribution in [-0.2, 0) is 4.79 Å². The quantitative estimate of drug-likeness (QED) is 0.526. The first-order chi connectivity index (χ1) is 11.7. The molecule has 2 saturated carbocycles. The van der Waals surface area contributed by atoms with E-state index in [0.29, 0.717) is 11.8 Å². The van der Waals surface area contributed by atoms with Crippen LogP contribution >= 0.6 is 0 Å². The van der Waals surface area contributed by atoms with Gasteiger partial charge in [-0.05, 0) is 54.9 Å². The lowest BCUT2D eigenvalue weighted by Gasteiger charge is -2.36. The lowest BCUT2D eigenvalue weighted by molar-refractivity contribution is -0.111. The second kappa shape index (κ2) is 8.32. The van der Waals surface area contributed by atoms with Gasteiger partial charge in [-0.25, -0.2) is 0 Å².